The van der Waals surface area contributed by atoms with Gasteiger partial charge >= 0.3 is 0 Å². The van der Waals surface area contributed by atoms with E-state index in [1.165, 1.54) is 12.1 Å². The van der Waals surface area contributed by atoms with Crippen LogP contribution < -0.4 is 5.32 Å². The molecule has 150 valence electrons. The zero-order valence-electron chi connectivity index (χ0n) is 15.3. The normalized spacial score (nSPS) is 17.3. The number of carbonyl (C=O) groups is 1. The molecule has 1 N–H and O–H groups in total. The Labute approximate surface area is 167 Å². The molecule has 0 aromatic heterocycles. The fourth-order valence-corrected chi connectivity index (χ4v) is 4.84. The van der Waals surface area contributed by atoms with Gasteiger partial charge in [0.05, 0.1) is 21.5 Å². The highest BCUT2D eigenvalue weighted by molar-refractivity contribution is 7.89. The zero-order valence-corrected chi connectivity index (χ0v) is 16.1. The molecule has 1 unspecified atom stereocenters. The quantitative estimate of drug-likeness (QED) is 0.590. The average Bonchev–Trinajstić information content (AvgIpc) is 2.74. The van der Waals surface area contributed by atoms with E-state index in [2.05, 4.69) is 5.32 Å². The predicted molar refractivity (Wildman–Crippen MR) is 104 cm³/mol. The minimum absolute atomic E-state index is 0.0961. The van der Waals surface area contributed by atoms with Crippen molar-refractivity contribution in [3.05, 3.63) is 64.2 Å². The summed E-state index contributed by atoms with van der Waals surface area (Å²) in [5.74, 6) is -0.458. The number of anilines is 1. The monoisotopic (exact) mass is 414 g/mol. The van der Waals surface area contributed by atoms with E-state index in [1.807, 2.05) is 6.07 Å². The molecular weight excluding hydrogens is 396 g/mol. The third kappa shape index (κ3) is 4.42. The number of nitriles is 1. The fourth-order valence-electron chi connectivity index (χ4n) is 3.18. The Balaban J connectivity index is 1.83. The van der Waals surface area contributed by atoms with Crippen LogP contribution in [0.15, 0.2) is 53.4 Å². The number of amides is 1. The van der Waals surface area contributed by atoms with Crippen molar-refractivity contribution < 1.29 is 18.1 Å². The van der Waals surface area contributed by atoms with E-state index in [0.29, 0.717) is 30.5 Å². The summed E-state index contributed by atoms with van der Waals surface area (Å²) in [5, 5.41) is 22.3. The van der Waals surface area contributed by atoms with Gasteiger partial charge in [0, 0.05) is 24.4 Å². The standard InChI is InChI=1S/C19H18N4O5S/c20-13-14-4-6-15(7-5-14)21-19(24)18-3-1-2-12-22(18)29(27,28)17-10-8-16(9-11-17)23(25)26/h4-11,18H,1-3,12H2,(H,21,24). The zero-order chi connectivity index (χ0) is 21.0. The van der Waals surface area contributed by atoms with E-state index < -0.39 is 26.9 Å². The number of benzene rings is 2. The lowest BCUT2D eigenvalue weighted by Crippen LogP contribution is -2.49. The minimum Gasteiger partial charge on any atom is -0.325 e. The molecule has 1 heterocycles. The molecule has 0 spiro atoms. The van der Waals surface area contributed by atoms with E-state index in [4.69, 9.17) is 5.26 Å². The third-order valence-electron chi connectivity index (χ3n) is 4.69. The number of nitro benzene ring substituents is 1. The van der Waals surface area contributed by atoms with Gasteiger partial charge in [0.1, 0.15) is 6.04 Å². The Morgan fingerprint density at radius 2 is 1.79 bits per heavy atom. The number of carbonyl (C=O) groups excluding carboxylic acids is 1. The number of nitro groups is 1. The molecule has 3 rings (SSSR count). The third-order valence-corrected chi connectivity index (χ3v) is 6.61. The van der Waals surface area contributed by atoms with E-state index >= 15 is 0 Å². The van der Waals surface area contributed by atoms with Gasteiger partial charge in [0.25, 0.3) is 5.69 Å². The average molecular weight is 414 g/mol. The molecule has 1 amide bonds. The van der Waals surface area contributed by atoms with Crippen LogP contribution >= 0.6 is 0 Å². The van der Waals surface area contributed by atoms with Crippen LogP contribution in [0, 0.1) is 21.4 Å². The van der Waals surface area contributed by atoms with Crippen molar-refractivity contribution in [3.63, 3.8) is 0 Å². The van der Waals surface area contributed by atoms with Crippen molar-refractivity contribution in [2.75, 3.05) is 11.9 Å². The molecule has 1 atom stereocenters. The van der Waals surface area contributed by atoms with Crippen molar-refractivity contribution >= 4 is 27.3 Å². The van der Waals surface area contributed by atoms with Crippen LogP contribution in [0.3, 0.4) is 0 Å². The maximum atomic E-state index is 13.1. The van der Waals surface area contributed by atoms with E-state index in [9.17, 15) is 23.3 Å². The molecule has 0 aliphatic carbocycles. The largest absolute Gasteiger partial charge is 0.325 e. The second-order valence-corrected chi connectivity index (χ2v) is 8.45. The van der Waals surface area contributed by atoms with Crippen molar-refractivity contribution in [3.8, 4) is 6.07 Å². The summed E-state index contributed by atoms with van der Waals surface area (Å²) >= 11 is 0. The Kier molecular flexibility index (Phi) is 5.91. The fraction of sp³-hybridized carbons (Fsp3) is 0.263. The van der Waals surface area contributed by atoms with Gasteiger partial charge in [-0.15, -0.1) is 0 Å². The number of rotatable bonds is 5. The summed E-state index contributed by atoms with van der Waals surface area (Å²) in [6.45, 7) is 0.185. The molecular formula is C19H18N4O5S. The molecule has 2 aromatic rings. The SMILES string of the molecule is N#Cc1ccc(NC(=O)C2CCCCN2S(=O)(=O)c2ccc([N+](=O)[O-])cc2)cc1. The van der Waals surface area contributed by atoms with Gasteiger partial charge in [-0.1, -0.05) is 6.42 Å². The molecule has 1 aliphatic heterocycles. The van der Waals surface area contributed by atoms with Gasteiger partial charge in [-0.3, -0.25) is 14.9 Å². The molecule has 1 fully saturated rings. The van der Waals surface area contributed by atoms with E-state index in [1.54, 1.807) is 24.3 Å². The molecule has 2 aromatic carbocycles. The lowest BCUT2D eigenvalue weighted by Gasteiger charge is -2.33. The van der Waals surface area contributed by atoms with Crippen LogP contribution in [0.5, 0.6) is 0 Å². The molecule has 0 saturated carbocycles. The first-order valence-electron chi connectivity index (χ1n) is 8.90. The molecule has 29 heavy (non-hydrogen) atoms. The van der Waals surface area contributed by atoms with Gasteiger partial charge in [-0.25, -0.2) is 8.42 Å². The number of nitrogens with one attached hydrogen (secondary N) is 1. The van der Waals surface area contributed by atoms with Gasteiger partial charge in [0.2, 0.25) is 15.9 Å². The van der Waals surface area contributed by atoms with Gasteiger partial charge in [-0.2, -0.15) is 9.57 Å². The maximum Gasteiger partial charge on any atom is 0.269 e. The van der Waals surface area contributed by atoms with Crippen LogP contribution in [-0.2, 0) is 14.8 Å². The Morgan fingerprint density at radius 1 is 1.14 bits per heavy atom. The predicted octanol–water partition coefficient (Wildman–Crippen LogP) is 2.65. The van der Waals surface area contributed by atoms with Crippen LogP contribution in [0.25, 0.3) is 0 Å². The molecule has 1 aliphatic rings. The van der Waals surface area contributed by atoms with E-state index in [-0.39, 0.29) is 17.1 Å². The van der Waals surface area contributed by atoms with Gasteiger partial charge < -0.3 is 5.32 Å². The lowest BCUT2D eigenvalue weighted by atomic mass is 10.0. The van der Waals surface area contributed by atoms with E-state index in [0.717, 1.165) is 16.4 Å². The van der Waals surface area contributed by atoms with Crippen molar-refractivity contribution in [2.45, 2.75) is 30.2 Å². The molecule has 9 nitrogen and oxygen atoms in total. The maximum absolute atomic E-state index is 13.1. The second kappa shape index (κ2) is 8.38. The first kappa shape index (κ1) is 20.4. The summed E-state index contributed by atoms with van der Waals surface area (Å²) in [6, 6.07) is 12.0. The van der Waals surface area contributed by atoms with Crippen molar-refractivity contribution in [2.24, 2.45) is 0 Å². The highest BCUT2D eigenvalue weighted by Gasteiger charge is 2.37. The first-order valence-corrected chi connectivity index (χ1v) is 10.3. The molecule has 1 saturated heterocycles. The number of piperidine rings is 1. The number of nitrogens with zero attached hydrogens (tertiary/aromatic N) is 3. The Bertz CT molecular complexity index is 1060. The summed E-state index contributed by atoms with van der Waals surface area (Å²) in [7, 11) is -3.99. The molecule has 0 radical (unpaired) electrons. The van der Waals surface area contributed by atoms with Crippen LogP contribution in [-0.4, -0.2) is 36.1 Å². The highest BCUT2D eigenvalue weighted by atomic mass is 32.2. The molecule has 0 bridgehead atoms. The number of hydrogen-bond acceptors (Lipinski definition) is 6. The Hall–Kier alpha value is -3.29. The number of non-ortho nitro benzene ring substituents is 1. The number of sulfonamides is 1. The number of hydrogen-bond donors (Lipinski definition) is 1. The van der Waals surface area contributed by atoms with Gasteiger partial charge in [0.15, 0.2) is 0 Å². The van der Waals surface area contributed by atoms with Crippen LogP contribution in [0.1, 0.15) is 24.8 Å². The van der Waals surface area contributed by atoms with Crippen molar-refractivity contribution in [1.29, 1.82) is 5.26 Å². The van der Waals surface area contributed by atoms with Crippen LogP contribution in [0.4, 0.5) is 11.4 Å². The minimum atomic E-state index is -3.99. The summed E-state index contributed by atoms with van der Waals surface area (Å²) < 4.78 is 27.3. The molecule has 10 heteroatoms. The Morgan fingerprint density at radius 3 is 2.38 bits per heavy atom. The highest BCUT2D eigenvalue weighted by Crippen LogP contribution is 2.27. The summed E-state index contributed by atoms with van der Waals surface area (Å²) in [6.07, 6.45) is 1.69. The lowest BCUT2D eigenvalue weighted by molar-refractivity contribution is -0.384. The second-order valence-electron chi connectivity index (χ2n) is 6.56. The first-order chi connectivity index (χ1) is 13.8. The smallest absolute Gasteiger partial charge is 0.269 e. The summed E-state index contributed by atoms with van der Waals surface area (Å²) in [4.78, 5) is 22.9. The van der Waals surface area contributed by atoms with Gasteiger partial charge in [-0.05, 0) is 49.2 Å². The van der Waals surface area contributed by atoms with Crippen LogP contribution in [0.2, 0.25) is 0 Å². The topological polar surface area (TPSA) is 133 Å². The summed E-state index contributed by atoms with van der Waals surface area (Å²) in [5.41, 5.74) is 0.702. The van der Waals surface area contributed by atoms with Crippen molar-refractivity contribution in [1.82, 2.24) is 4.31 Å².